The maximum atomic E-state index is 12.3. The number of pyridine rings is 1. The van der Waals surface area contributed by atoms with Crippen LogP contribution in [-0.2, 0) is 14.6 Å². The largest absolute Gasteiger partial charge is 0.481 e. The van der Waals surface area contributed by atoms with E-state index in [-0.39, 0.29) is 27.5 Å². The van der Waals surface area contributed by atoms with E-state index in [0.29, 0.717) is 0 Å². The van der Waals surface area contributed by atoms with E-state index in [1.54, 1.807) is 6.07 Å². The number of carboxylic acids is 1. The second-order valence-electron chi connectivity index (χ2n) is 7.86. The molecule has 0 radical (unpaired) electrons. The third-order valence-corrected chi connectivity index (χ3v) is 6.28. The quantitative estimate of drug-likeness (QED) is 0.920. The van der Waals surface area contributed by atoms with Gasteiger partial charge in [-0.2, -0.15) is 0 Å². The summed E-state index contributed by atoms with van der Waals surface area (Å²) in [4.78, 5) is 15.3. The van der Waals surface area contributed by atoms with E-state index in [2.05, 4.69) is 4.98 Å². The van der Waals surface area contributed by atoms with Crippen molar-refractivity contribution in [2.24, 2.45) is 16.7 Å². The van der Waals surface area contributed by atoms with Gasteiger partial charge in [-0.1, -0.05) is 40.7 Å². The third kappa shape index (κ3) is 3.16. The Hall–Kier alpha value is -1.43. The minimum absolute atomic E-state index is 0.0268. The predicted molar refractivity (Wildman–Crippen MR) is 83.4 cm³/mol. The molecule has 1 aromatic rings. The maximum absolute atomic E-state index is 12.3. The molecule has 1 N–H and O–H groups in total. The van der Waals surface area contributed by atoms with Gasteiger partial charge in [-0.05, 0) is 22.5 Å². The van der Waals surface area contributed by atoms with Crippen LogP contribution in [0.5, 0.6) is 0 Å². The predicted octanol–water partition coefficient (Wildman–Crippen LogP) is 2.73. The lowest BCUT2D eigenvalue weighted by Crippen LogP contribution is -2.21. The SMILES string of the molecule is CC(C)(C)CS(=O)(=O)c1ccc([C@@H]2[C@@H](C(=O)O)C2(C)C)cn1. The van der Waals surface area contributed by atoms with Crippen LogP contribution < -0.4 is 0 Å². The van der Waals surface area contributed by atoms with E-state index in [0.717, 1.165) is 5.56 Å². The van der Waals surface area contributed by atoms with Crippen LogP contribution in [0.15, 0.2) is 23.4 Å². The van der Waals surface area contributed by atoms with Crippen LogP contribution in [0.3, 0.4) is 0 Å². The number of carbonyl (C=O) groups is 1. The minimum Gasteiger partial charge on any atom is -0.481 e. The highest BCUT2D eigenvalue weighted by Crippen LogP contribution is 2.64. The molecule has 0 spiro atoms. The van der Waals surface area contributed by atoms with Crippen LogP contribution in [-0.4, -0.2) is 30.2 Å². The smallest absolute Gasteiger partial charge is 0.307 e. The molecule has 1 fully saturated rings. The fraction of sp³-hybridized carbons (Fsp3) is 0.625. The number of hydrogen-bond acceptors (Lipinski definition) is 4. The molecule has 5 nitrogen and oxygen atoms in total. The van der Waals surface area contributed by atoms with E-state index < -0.39 is 21.7 Å². The molecule has 0 bridgehead atoms. The Bertz CT molecular complexity index is 684. The third-order valence-electron chi connectivity index (χ3n) is 4.15. The molecule has 1 heterocycles. The van der Waals surface area contributed by atoms with Crippen molar-refractivity contribution >= 4 is 15.8 Å². The molecular formula is C16H23NO4S. The van der Waals surface area contributed by atoms with E-state index in [4.69, 9.17) is 0 Å². The van der Waals surface area contributed by atoms with E-state index >= 15 is 0 Å². The topological polar surface area (TPSA) is 84.3 Å². The fourth-order valence-corrected chi connectivity index (χ4v) is 4.90. The summed E-state index contributed by atoms with van der Waals surface area (Å²) < 4.78 is 24.6. The average Bonchev–Trinajstić information content (AvgIpc) is 2.89. The van der Waals surface area contributed by atoms with Gasteiger partial charge in [0.05, 0.1) is 11.7 Å². The molecule has 0 saturated heterocycles. The Morgan fingerprint density at radius 3 is 2.27 bits per heavy atom. The van der Waals surface area contributed by atoms with Crippen molar-refractivity contribution in [3.8, 4) is 0 Å². The summed E-state index contributed by atoms with van der Waals surface area (Å²) in [6.07, 6.45) is 1.50. The molecule has 122 valence electrons. The molecule has 1 aromatic heterocycles. The number of aromatic nitrogens is 1. The van der Waals surface area contributed by atoms with Gasteiger partial charge >= 0.3 is 5.97 Å². The van der Waals surface area contributed by atoms with Crippen molar-refractivity contribution < 1.29 is 18.3 Å². The van der Waals surface area contributed by atoms with E-state index in [9.17, 15) is 18.3 Å². The van der Waals surface area contributed by atoms with Gasteiger partial charge in [-0.15, -0.1) is 0 Å². The second kappa shape index (κ2) is 5.05. The van der Waals surface area contributed by atoms with Gasteiger partial charge in [0.15, 0.2) is 14.9 Å². The fourth-order valence-electron chi connectivity index (χ4n) is 3.12. The Morgan fingerprint density at radius 1 is 1.32 bits per heavy atom. The summed E-state index contributed by atoms with van der Waals surface area (Å²) in [6, 6.07) is 3.18. The van der Waals surface area contributed by atoms with Gasteiger partial charge in [0.2, 0.25) is 0 Å². The van der Waals surface area contributed by atoms with Crippen molar-refractivity contribution in [1.29, 1.82) is 0 Å². The molecule has 2 atom stereocenters. The number of carboxylic acid groups (broad SMARTS) is 1. The standard InChI is InChI=1S/C16H23NO4S/c1-15(2,3)9-22(20,21)11-7-6-10(8-17-11)12-13(14(18)19)16(12,4)5/h6-8,12-13H,9H2,1-5H3,(H,18,19)/t12-,13+/m1/s1. The highest BCUT2D eigenvalue weighted by Gasteiger charge is 2.62. The van der Waals surface area contributed by atoms with Crippen molar-refractivity contribution in [2.45, 2.75) is 45.6 Å². The van der Waals surface area contributed by atoms with Crippen LogP contribution in [0.1, 0.15) is 46.1 Å². The summed E-state index contributed by atoms with van der Waals surface area (Å²) in [7, 11) is -3.43. The molecule has 1 aliphatic rings. The van der Waals surface area contributed by atoms with Gasteiger partial charge < -0.3 is 5.11 Å². The van der Waals surface area contributed by atoms with Crippen molar-refractivity contribution in [1.82, 2.24) is 4.98 Å². The Kier molecular flexibility index (Phi) is 3.88. The summed E-state index contributed by atoms with van der Waals surface area (Å²) in [5.41, 5.74) is 0.123. The Morgan fingerprint density at radius 2 is 1.91 bits per heavy atom. The van der Waals surface area contributed by atoms with Gasteiger partial charge in [-0.3, -0.25) is 4.79 Å². The number of hydrogen-bond donors (Lipinski definition) is 1. The lowest BCUT2D eigenvalue weighted by Gasteiger charge is -2.17. The second-order valence-corrected chi connectivity index (χ2v) is 9.80. The first-order valence-electron chi connectivity index (χ1n) is 7.28. The van der Waals surface area contributed by atoms with Crippen molar-refractivity contribution in [2.75, 3.05) is 5.75 Å². The van der Waals surface area contributed by atoms with Crippen molar-refractivity contribution in [3.63, 3.8) is 0 Å². The lowest BCUT2D eigenvalue weighted by atomic mass is 10.0. The molecule has 1 saturated carbocycles. The molecule has 0 aromatic carbocycles. The van der Waals surface area contributed by atoms with Gasteiger partial charge in [-0.25, -0.2) is 13.4 Å². The first-order valence-corrected chi connectivity index (χ1v) is 8.93. The van der Waals surface area contributed by atoms with Gasteiger partial charge in [0, 0.05) is 12.1 Å². The zero-order valence-corrected chi connectivity index (χ0v) is 14.4. The molecule has 6 heteroatoms. The van der Waals surface area contributed by atoms with Crippen LogP contribution in [0.25, 0.3) is 0 Å². The van der Waals surface area contributed by atoms with Gasteiger partial charge in [0.1, 0.15) is 0 Å². The first-order chi connectivity index (χ1) is 9.86. The summed E-state index contributed by atoms with van der Waals surface area (Å²) in [5, 5.41) is 9.27. The summed E-state index contributed by atoms with van der Waals surface area (Å²) >= 11 is 0. The highest BCUT2D eigenvalue weighted by molar-refractivity contribution is 7.91. The monoisotopic (exact) mass is 325 g/mol. The molecule has 2 rings (SSSR count). The first kappa shape index (κ1) is 16.9. The molecule has 22 heavy (non-hydrogen) atoms. The Labute approximate surface area is 131 Å². The zero-order chi connectivity index (χ0) is 16.9. The summed E-state index contributed by atoms with van der Waals surface area (Å²) in [5.74, 6) is -1.35. The molecule has 0 amide bonds. The number of nitrogens with zero attached hydrogens (tertiary/aromatic N) is 1. The lowest BCUT2D eigenvalue weighted by molar-refractivity contribution is -0.139. The molecular weight excluding hydrogens is 302 g/mol. The zero-order valence-electron chi connectivity index (χ0n) is 13.6. The van der Waals surface area contributed by atoms with E-state index in [1.165, 1.54) is 12.3 Å². The van der Waals surface area contributed by atoms with E-state index in [1.807, 2.05) is 34.6 Å². The normalized spacial score (nSPS) is 24.0. The van der Waals surface area contributed by atoms with Crippen molar-refractivity contribution in [3.05, 3.63) is 23.9 Å². The number of rotatable bonds is 4. The van der Waals surface area contributed by atoms with Crippen LogP contribution in [0, 0.1) is 16.7 Å². The van der Waals surface area contributed by atoms with Crippen LogP contribution >= 0.6 is 0 Å². The molecule has 0 aliphatic heterocycles. The molecule has 0 unspecified atom stereocenters. The van der Waals surface area contributed by atoms with Gasteiger partial charge in [0.25, 0.3) is 0 Å². The maximum Gasteiger partial charge on any atom is 0.307 e. The summed E-state index contributed by atoms with van der Waals surface area (Å²) in [6.45, 7) is 9.40. The Balaban J connectivity index is 2.24. The number of sulfone groups is 1. The molecule has 1 aliphatic carbocycles. The highest BCUT2D eigenvalue weighted by atomic mass is 32.2. The van der Waals surface area contributed by atoms with Crippen LogP contribution in [0.2, 0.25) is 0 Å². The minimum atomic E-state index is -3.43. The number of aliphatic carboxylic acids is 1. The van der Waals surface area contributed by atoms with Crippen LogP contribution in [0.4, 0.5) is 0 Å². The average molecular weight is 325 g/mol.